The van der Waals surface area contributed by atoms with Crippen LogP contribution < -0.4 is 10.6 Å². The van der Waals surface area contributed by atoms with Gasteiger partial charge in [-0.3, -0.25) is 4.79 Å². The van der Waals surface area contributed by atoms with Crippen molar-refractivity contribution in [1.29, 1.82) is 0 Å². The Morgan fingerprint density at radius 1 is 1.29 bits per heavy atom. The molecule has 1 aliphatic heterocycles. The van der Waals surface area contributed by atoms with Crippen LogP contribution in [-0.2, 0) is 9.53 Å². The van der Waals surface area contributed by atoms with Crippen molar-refractivity contribution in [1.82, 2.24) is 15.5 Å². The Morgan fingerprint density at radius 2 is 2.00 bits per heavy atom. The minimum atomic E-state index is -0.296. The van der Waals surface area contributed by atoms with E-state index in [0.29, 0.717) is 38.7 Å². The predicted octanol–water partition coefficient (Wildman–Crippen LogP) is 1.26. The third-order valence-electron chi connectivity index (χ3n) is 4.06. The molecule has 1 saturated heterocycles. The molecule has 2 aliphatic rings. The highest BCUT2D eigenvalue weighted by Gasteiger charge is 2.29. The first kappa shape index (κ1) is 16.1. The van der Waals surface area contributed by atoms with Gasteiger partial charge in [-0.15, -0.1) is 0 Å². The van der Waals surface area contributed by atoms with Crippen LogP contribution >= 0.6 is 0 Å². The van der Waals surface area contributed by atoms with Crippen LogP contribution in [0.3, 0.4) is 0 Å². The molecular weight excluding hydrogens is 270 g/mol. The number of nitrogens with zero attached hydrogens (tertiary/aromatic N) is 1. The highest BCUT2D eigenvalue weighted by Crippen LogP contribution is 2.17. The number of morpholine rings is 1. The van der Waals surface area contributed by atoms with Gasteiger partial charge in [0.15, 0.2) is 0 Å². The van der Waals surface area contributed by atoms with Crippen molar-refractivity contribution in [2.45, 2.75) is 57.6 Å². The van der Waals surface area contributed by atoms with Crippen molar-refractivity contribution in [2.75, 3.05) is 26.2 Å². The largest absolute Gasteiger partial charge is 0.372 e. The summed E-state index contributed by atoms with van der Waals surface area (Å²) >= 11 is 0. The van der Waals surface area contributed by atoms with Gasteiger partial charge in [0.25, 0.3) is 0 Å². The molecule has 2 N–H and O–H groups in total. The first-order chi connectivity index (χ1) is 9.96. The summed E-state index contributed by atoms with van der Waals surface area (Å²) in [6.45, 7) is 6.07. The smallest absolute Gasteiger partial charge is 0.317 e. The predicted molar refractivity (Wildman–Crippen MR) is 80.0 cm³/mol. The summed E-state index contributed by atoms with van der Waals surface area (Å²) in [6.07, 6.45) is 4.92. The fraction of sp³-hybridized carbons (Fsp3) is 0.867. The number of carbonyl (C=O) groups is 2. The minimum absolute atomic E-state index is 0.0320. The molecule has 0 aromatic heterocycles. The van der Waals surface area contributed by atoms with Crippen LogP contribution in [0.2, 0.25) is 0 Å². The molecule has 0 aromatic rings. The average molecular weight is 297 g/mol. The van der Waals surface area contributed by atoms with Gasteiger partial charge < -0.3 is 20.3 Å². The lowest BCUT2D eigenvalue weighted by molar-refractivity contribution is -0.121. The number of ether oxygens (including phenoxy) is 1. The van der Waals surface area contributed by atoms with Crippen molar-refractivity contribution in [3.63, 3.8) is 0 Å². The van der Waals surface area contributed by atoms with Crippen LogP contribution in [0.25, 0.3) is 0 Å². The van der Waals surface area contributed by atoms with Crippen LogP contribution in [-0.4, -0.2) is 54.7 Å². The van der Waals surface area contributed by atoms with Gasteiger partial charge in [-0.25, -0.2) is 4.79 Å². The Bertz CT molecular complexity index is 378. The summed E-state index contributed by atoms with van der Waals surface area (Å²) in [5, 5.41) is 5.84. The Kier molecular flexibility index (Phi) is 5.45. The van der Waals surface area contributed by atoms with E-state index in [9.17, 15) is 9.59 Å². The Labute approximate surface area is 126 Å². The van der Waals surface area contributed by atoms with E-state index in [1.54, 1.807) is 4.90 Å². The number of rotatable bonds is 4. The molecule has 1 aliphatic carbocycles. The van der Waals surface area contributed by atoms with Crippen LogP contribution in [0.5, 0.6) is 0 Å². The number of nitrogens with one attached hydrogen (secondary N) is 2. The fourth-order valence-corrected chi connectivity index (χ4v) is 2.95. The summed E-state index contributed by atoms with van der Waals surface area (Å²) in [5.74, 6) is 0.0320. The van der Waals surface area contributed by atoms with E-state index in [-0.39, 0.29) is 17.5 Å². The van der Waals surface area contributed by atoms with Crippen molar-refractivity contribution < 1.29 is 14.3 Å². The first-order valence-electron chi connectivity index (χ1n) is 7.92. The lowest BCUT2D eigenvalue weighted by atomic mass is 10.1. The van der Waals surface area contributed by atoms with Crippen molar-refractivity contribution in [3.05, 3.63) is 0 Å². The Balaban J connectivity index is 1.63. The first-order valence-corrected chi connectivity index (χ1v) is 7.92. The fourth-order valence-electron chi connectivity index (χ4n) is 2.95. The molecule has 0 atom stereocenters. The van der Waals surface area contributed by atoms with Crippen LogP contribution in [0.1, 0.15) is 46.0 Å². The highest BCUT2D eigenvalue weighted by molar-refractivity contribution is 5.78. The second kappa shape index (κ2) is 7.11. The van der Waals surface area contributed by atoms with E-state index in [2.05, 4.69) is 10.6 Å². The topological polar surface area (TPSA) is 70.7 Å². The van der Waals surface area contributed by atoms with Crippen LogP contribution in [0, 0.1) is 0 Å². The highest BCUT2D eigenvalue weighted by atomic mass is 16.5. The number of amides is 3. The molecule has 2 fully saturated rings. The van der Waals surface area contributed by atoms with Gasteiger partial charge in [0.1, 0.15) is 0 Å². The Hall–Kier alpha value is -1.30. The average Bonchev–Trinajstić information content (AvgIpc) is 2.90. The third kappa shape index (κ3) is 5.19. The summed E-state index contributed by atoms with van der Waals surface area (Å²) in [6, 6.07) is 0.230. The van der Waals surface area contributed by atoms with Gasteiger partial charge in [0.2, 0.25) is 5.91 Å². The zero-order valence-electron chi connectivity index (χ0n) is 13.1. The summed E-state index contributed by atoms with van der Waals surface area (Å²) in [7, 11) is 0. The molecule has 0 spiro atoms. The number of carbonyl (C=O) groups excluding carboxylic acids is 2. The quantitative estimate of drug-likeness (QED) is 0.820. The van der Waals surface area contributed by atoms with Gasteiger partial charge >= 0.3 is 6.03 Å². The van der Waals surface area contributed by atoms with Crippen LogP contribution in [0.15, 0.2) is 0 Å². The van der Waals surface area contributed by atoms with Gasteiger partial charge in [0, 0.05) is 25.6 Å². The van der Waals surface area contributed by atoms with Gasteiger partial charge in [-0.1, -0.05) is 12.8 Å². The monoisotopic (exact) mass is 297 g/mol. The maximum absolute atomic E-state index is 12.0. The molecule has 2 rings (SSSR count). The molecule has 6 heteroatoms. The molecule has 6 nitrogen and oxygen atoms in total. The number of urea groups is 1. The van der Waals surface area contributed by atoms with Crippen LogP contribution in [0.4, 0.5) is 4.79 Å². The molecule has 3 amide bonds. The molecule has 21 heavy (non-hydrogen) atoms. The molecule has 0 bridgehead atoms. The SMILES string of the molecule is CC1(C)CN(C(=O)NCCC(=O)NC2CCCC2)CCO1. The van der Waals surface area contributed by atoms with E-state index < -0.39 is 0 Å². The second-order valence-electron chi connectivity index (χ2n) is 6.56. The van der Waals surface area contributed by atoms with Crippen molar-refractivity contribution in [3.8, 4) is 0 Å². The number of hydrogen-bond donors (Lipinski definition) is 2. The molecule has 1 heterocycles. The molecule has 120 valence electrons. The molecule has 0 aromatic carbocycles. The minimum Gasteiger partial charge on any atom is -0.372 e. The van der Waals surface area contributed by atoms with E-state index in [0.717, 1.165) is 12.8 Å². The number of hydrogen-bond acceptors (Lipinski definition) is 3. The molecule has 0 unspecified atom stereocenters. The molecule has 1 saturated carbocycles. The van der Waals surface area contributed by atoms with E-state index in [1.165, 1.54) is 12.8 Å². The van der Waals surface area contributed by atoms with Gasteiger partial charge in [0.05, 0.1) is 18.8 Å². The maximum Gasteiger partial charge on any atom is 0.317 e. The van der Waals surface area contributed by atoms with Gasteiger partial charge in [-0.05, 0) is 26.7 Å². The Morgan fingerprint density at radius 3 is 2.67 bits per heavy atom. The van der Waals surface area contributed by atoms with E-state index in [4.69, 9.17) is 4.74 Å². The van der Waals surface area contributed by atoms with E-state index >= 15 is 0 Å². The third-order valence-corrected chi connectivity index (χ3v) is 4.06. The zero-order chi connectivity index (χ0) is 15.3. The lowest BCUT2D eigenvalue weighted by Gasteiger charge is -2.38. The molecular formula is C15H27N3O3. The normalized spacial score (nSPS) is 22.1. The zero-order valence-corrected chi connectivity index (χ0v) is 13.1. The van der Waals surface area contributed by atoms with Crippen molar-refractivity contribution >= 4 is 11.9 Å². The maximum atomic E-state index is 12.0. The lowest BCUT2D eigenvalue weighted by Crippen LogP contribution is -2.53. The van der Waals surface area contributed by atoms with Crippen molar-refractivity contribution in [2.24, 2.45) is 0 Å². The summed E-state index contributed by atoms with van der Waals surface area (Å²) in [4.78, 5) is 25.6. The summed E-state index contributed by atoms with van der Waals surface area (Å²) in [5.41, 5.74) is -0.296. The van der Waals surface area contributed by atoms with E-state index in [1.807, 2.05) is 13.8 Å². The van der Waals surface area contributed by atoms with Gasteiger partial charge in [-0.2, -0.15) is 0 Å². The summed E-state index contributed by atoms with van der Waals surface area (Å²) < 4.78 is 5.58. The second-order valence-corrected chi connectivity index (χ2v) is 6.56. The molecule has 0 radical (unpaired) electrons. The standard InChI is InChI=1S/C15H27N3O3/c1-15(2)11-18(9-10-21-15)14(20)16-8-7-13(19)17-12-5-3-4-6-12/h12H,3-11H2,1-2H3,(H,16,20)(H,17,19).